The summed E-state index contributed by atoms with van der Waals surface area (Å²) in [5.41, 5.74) is 1.25. The number of benzene rings is 1. The summed E-state index contributed by atoms with van der Waals surface area (Å²) in [7, 11) is 0. The fraction of sp³-hybridized carbons (Fsp3) is 0.545. The van der Waals surface area contributed by atoms with Gasteiger partial charge in [0, 0.05) is 23.6 Å². The smallest absolute Gasteiger partial charge is 0.375 e. The molecule has 1 heterocycles. The number of furan rings is 1. The summed E-state index contributed by atoms with van der Waals surface area (Å²) in [5, 5.41) is 3.83. The molecule has 1 aliphatic rings. The van der Waals surface area contributed by atoms with Crippen LogP contribution in [0.4, 0.5) is 0 Å². The number of amides is 1. The Kier molecular flexibility index (Phi) is 6.73. The molecule has 0 unspecified atom stereocenters. The summed E-state index contributed by atoms with van der Waals surface area (Å²) in [6, 6.07) is 7.52. The van der Waals surface area contributed by atoms with E-state index in [4.69, 9.17) is 13.9 Å². The maximum absolute atomic E-state index is 12.6. The van der Waals surface area contributed by atoms with Crippen LogP contribution in [-0.2, 0) is 20.9 Å². The van der Waals surface area contributed by atoms with Crippen LogP contribution in [0.5, 0.6) is 0 Å². The third-order valence-electron chi connectivity index (χ3n) is 5.72. The fourth-order valence-corrected chi connectivity index (χ4v) is 3.84. The first kappa shape index (κ1) is 20.4. The van der Waals surface area contributed by atoms with Crippen molar-refractivity contribution < 1.29 is 23.5 Å². The Hall–Kier alpha value is -2.34. The molecule has 0 spiro atoms. The summed E-state index contributed by atoms with van der Waals surface area (Å²) in [6.45, 7) is 6.72. The van der Waals surface area contributed by atoms with Gasteiger partial charge in [0.05, 0.1) is 6.61 Å². The fourth-order valence-electron chi connectivity index (χ4n) is 3.84. The highest BCUT2D eigenvalue weighted by Gasteiger charge is 2.29. The molecule has 0 bridgehead atoms. The van der Waals surface area contributed by atoms with Gasteiger partial charge in [0.1, 0.15) is 5.58 Å². The molecule has 6 nitrogen and oxygen atoms in total. The molecule has 6 heteroatoms. The minimum absolute atomic E-state index is 0.0992. The zero-order valence-electron chi connectivity index (χ0n) is 16.8. The maximum atomic E-state index is 12.6. The van der Waals surface area contributed by atoms with Gasteiger partial charge in [-0.3, -0.25) is 4.79 Å². The topological polar surface area (TPSA) is 77.8 Å². The van der Waals surface area contributed by atoms with E-state index < -0.39 is 5.97 Å². The van der Waals surface area contributed by atoms with Crippen LogP contribution >= 0.6 is 0 Å². The van der Waals surface area contributed by atoms with Crippen molar-refractivity contribution in [3.8, 4) is 0 Å². The van der Waals surface area contributed by atoms with Crippen LogP contribution in [0.3, 0.4) is 0 Å². The highest BCUT2D eigenvalue weighted by atomic mass is 16.5. The van der Waals surface area contributed by atoms with Crippen LogP contribution in [0.25, 0.3) is 11.0 Å². The molecule has 0 radical (unpaired) electrons. The Morgan fingerprint density at radius 1 is 1.21 bits per heavy atom. The van der Waals surface area contributed by atoms with Gasteiger partial charge in [0.15, 0.2) is 6.61 Å². The molecule has 1 aromatic heterocycles. The van der Waals surface area contributed by atoms with Crippen molar-refractivity contribution in [1.82, 2.24) is 5.32 Å². The molecule has 1 amide bonds. The molecule has 0 saturated heterocycles. The van der Waals surface area contributed by atoms with Crippen molar-refractivity contribution in [2.24, 2.45) is 11.8 Å². The number of hydrogen-bond donors (Lipinski definition) is 1. The largest absolute Gasteiger partial charge is 0.450 e. The number of ether oxygens (including phenoxy) is 2. The average molecular weight is 387 g/mol. The number of esters is 1. The third-order valence-corrected chi connectivity index (χ3v) is 5.72. The van der Waals surface area contributed by atoms with Crippen molar-refractivity contribution in [3.63, 3.8) is 0 Å². The molecule has 1 aromatic carbocycles. The molecule has 3 rings (SSSR count). The molecule has 28 heavy (non-hydrogen) atoms. The number of para-hydroxylation sites is 1. The van der Waals surface area contributed by atoms with Gasteiger partial charge in [0.2, 0.25) is 5.76 Å². The minimum Gasteiger partial charge on any atom is -0.450 e. The van der Waals surface area contributed by atoms with E-state index in [1.54, 1.807) is 6.07 Å². The molecule has 0 aliphatic heterocycles. The maximum Gasteiger partial charge on any atom is 0.375 e. The monoisotopic (exact) mass is 387 g/mol. The second-order valence-electron chi connectivity index (χ2n) is 7.56. The van der Waals surface area contributed by atoms with Gasteiger partial charge in [0.25, 0.3) is 5.91 Å². The predicted octanol–water partition coefficient (Wildman–Crippen LogP) is 4.07. The van der Waals surface area contributed by atoms with Crippen LogP contribution in [0.15, 0.2) is 28.7 Å². The van der Waals surface area contributed by atoms with Gasteiger partial charge in [-0.25, -0.2) is 4.79 Å². The van der Waals surface area contributed by atoms with Gasteiger partial charge in [-0.15, -0.1) is 0 Å². The summed E-state index contributed by atoms with van der Waals surface area (Å²) in [6.07, 6.45) is 3.26. The Balaban J connectivity index is 1.63. The number of carbonyl (C=O) groups is 2. The van der Waals surface area contributed by atoms with Gasteiger partial charge in [-0.2, -0.15) is 0 Å². The van der Waals surface area contributed by atoms with E-state index in [1.807, 2.05) is 25.1 Å². The molecule has 1 fully saturated rings. The number of hydrogen-bond acceptors (Lipinski definition) is 5. The number of fused-ring (bicyclic) bond motifs is 1. The van der Waals surface area contributed by atoms with E-state index in [0.29, 0.717) is 29.6 Å². The van der Waals surface area contributed by atoms with E-state index in [-0.39, 0.29) is 30.9 Å². The number of carbonyl (C=O) groups excluding carboxylic acids is 2. The van der Waals surface area contributed by atoms with Crippen molar-refractivity contribution in [1.29, 1.82) is 0 Å². The molecule has 1 N–H and O–H groups in total. The predicted molar refractivity (Wildman–Crippen MR) is 106 cm³/mol. The first-order chi connectivity index (χ1) is 13.5. The standard InChI is InChI=1S/C22H29NO5/c1-4-26-12-17-16-9-5-6-11-19(16)28-21(17)22(25)27-13-20(24)23-18-10-7-8-14(2)15(18)3/h5-6,9,11,14-15,18H,4,7-8,10,12-13H2,1-3H3,(H,23,24)/t14-,15-,18-/m0/s1. The normalized spacial score (nSPS) is 22.2. The molecule has 1 aliphatic carbocycles. The van der Waals surface area contributed by atoms with Crippen molar-refractivity contribution in [2.45, 2.75) is 52.7 Å². The third kappa shape index (κ3) is 4.55. The Morgan fingerprint density at radius 2 is 2.00 bits per heavy atom. The van der Waals surface area contributed by atoms with E-state index in [1.165, 1.54) is 6.42 Å². The van der Waals surface area contributed by atoms with Gasteiger partial charge in [-0.05, 0) is 31.2 Å². The van der Waals surface area contributed by atoms with Gasteiger partial charge >= 0.3 is 5.97 Å². The second kappa shape index (κ2) is 9.24. The van der Waals surface area contributed by atoms with E-state index in [2.05, 4.69) is 19.2 Å². The minimum atomic E-state index is -0.647. The average Bonchev–Trinajstić information content (AvgIpc) is 3.06. The highest BCUT2D eigenvalue weighted by molar-refractivity contribution is 5.96. The quantitative estimate of drug-likeness (QED) is 0.725. The van der Waals surface area contributed by atoms with Crippen molar-refractivity contribution in [2.75, 3.05) is 13.2 Å². The van der Waals surface area contributed by atoms with E-state index in [0.717, 1.165) is 18.2 Å². The van der Waals surface area contributed by atoms with Crippen LogP contribution in [0.2, 0.25) is 0 Å². The highest BCUT2D eigenvalue weighted by Crippen LogP contribution is 2.30. The summed E-state index contributed by atoms with van der Waals surface area (Å²) in [5.74, 6) is 0.176. The van der Waals surface area contributed by atoms with Gasteiger partial charge < -0.3 is 19.2 Å². The molecular weight excluding hydrogens is 358 g/mol. The van der Waals surface area contributed by atoms with Crippen LogP contribution < -0.4 is 5.32 Å². The number of rotatable bonds is 7. The Bertz CT molecular complexity index is 827. The zero-order valence-corrected chi connectivity index (χ0v) is 16.8. The van der Waals surface area contributed by atoms with Crippen molar-refractivity contribution >= 4 is 22.8 Å². The molecule has 152 valence electrons. The number of nitrogens with one attached hydrogen (secondary N) is 1. The summed E-state index contributed by atoms with van der Waals surface area (Å²) >= 11 is 0. The van der Waals surface area contributed by atoms with Crippen LogP contribution in [0, 0.1) is 11.8 Å². The van der Waals surface area contributed by atoms with Gasteiger partial charge in [-0.1, -0.05) is 44.9 Å². The first-order valence-corrected chi connectivity index (χ1v) is 10.1. The first-order valence-electron chi connectivity index (χ1n) is 10.1. The lowest BCUT2D eigenvalue weighted by Gasteiger charge is -2.34. The van der Waals surface area contributed by atoms with Crippen LogP contribution in [0.1, 0.15) is 56.2 Å². The lowest BCUT2D eigenvalue weighted by atomic mass is 9.78. The Morgan fingerprint density at radius 3 is 2.79 bits per heavy atom. The summed E-state index contributed by atoms with van der Waals surface area (Å²) < 4.78 is 16.4. The van der Waals surface area contributed by atoms with E-state index in [9.17, 15) is 9.59 Å². The SMILES string of the molecule is CCOCc1c(C(=O)OCC(=O)N[C@H]2CCC[C@H](C)[C@@H]2C)oc2ccccc12. The lowest BCUT2D eigenvalue weighted by Crippen LogP contribution is -2.45. The van der Waals surface area contributed by atoms with Crippen LogP contribution in [-0.4, -0.2) is 31.1 Å². The molecule has 2 aromatic rings. The van der Waals surface area contributed by atoms with E-state index >= 15 is 0 Å². The summed E-state index contributed by atoms with van der Waals surface area (Å²) in [4.78, 5) is 24.8. The zero-order chi connectivity index (χ0) is 20.1. The lowest BCUT2D eigenvalue weighted by molar-refractivity contribution is -0.125. The molecule has 1 saturated carbocycles. The second-order valence-corrected chi connectivity index (χ2v) is 7.56. The molecular formula is C22H29NO5. The Labute approximate surface area is 165 Å². The van der Waals surface area contributed by atoms with Crippen molar-refractivity contribution in [3.05, 3.63) is 35.6 Å². The molecule has 3 atom stereocenters.